The van der Waals surface area contributed by atoms with Gasteiger partial charge in [0.2, 0.25) is 0 Å². The quantitative estimate of drug-likeness (QED) is 0.483. The highest BCUT2D eigenvalue weighted by Gasteiger charge is 2.08. The molecule has 23 heavy (non-hydrogen) atoms. The molecule has 1 heterocycles. The Hall–Kier alpha value is -2.93. The fraction of sp³-hybridized carbons (Fsp3) is 0.0625. The molecule has 2 aromatic carbocycles. The highest BCUT2D eigenvalue weighted by atomic mass is 32.1. The number of nitrogens with one attached hydrogen (secondary N) is 2. The van der Waals surface area contributed by atoms with Crippen molar-refractivity contribution in [1.82, 2.24) is 4.98 Å². The third-order valence-electron chi connectivity index (χ3n) is 3.06. The fourth-order valence-electron chi connectivity index (χ4n) is 1.88. The minimum atomic E-state index is -0.218. The molecule has 6 nitrogen and oxygen atoms in total. The fourth-order valence-corrected chi connectivity index (χ4v) is 2.49. The van der Waals surface area contributed by atoms with Gasteiger partial charge < -0.3 is 10.4 Å². The summed E-state index contributed by atoms with van der Waals surface area (Å²) in [7, 11) is 0. The number of hydrogen-bond donors (Lipinski definition) is 3. The number of azo groups is 1. The number of aromatic hydroxyl groups is 1. The maximum absolute atomic E-state index is 11.6. The van der Waals surface area contributed by atoms with Gasteiger partial charge >= 0.3 is 4.87 Å². The van der Waals surface area contributed by atoms with Crippen LogP contribution in [-0.4, -0.2) is 10.1 Å². The number of thiazole rings is 1. The van der Waals surface area contributed by atoms with Gasteiger partial charge in [0.15, 0.2) is 5.00 Å². The molecular weight excluding hydrogens is 312 g/mol. The SMILES string of the molecule is Cc1ccc(N=Nc2sc(=O)[nH]c2Nc2ccc(O)cc2)cc1. The van der Waals surface area contributed by atoms with Crippen LogP contribution >= 0.6 is 11.3 Å². The van der Waals surface area contributed by atoms with E-state index in [2.05, 4.69) is 20.5 Å². The molecule has 0 fully saturated rings. The van der Waals surface area contributed by atoms with E-state index in [1.807, 2.05) is 31.2 Å². The molecule has 3 aromatic rings. The van der Waals surface area contributed by atoms with Crippen molar-refractivity contribution in [2.24, 2.45) is 10.2 Å². The Bertz CT molecular complexity index is 880. The first kappa shape index (κ1) is 15.0. The molecule has 0 radical (unpaired) electrons. The summed E-state index contributed by atoms with van der Waals surface area (Å²) in [5.41, 5.74) is 2.58. The molecule has 0 atom stereocenters. The molecule has 3 rings (SSSR count). The minimum Gasteiger partial charge on any atom is -0.508 e. The van der Waals surface area contributed by atoms with Crippen LogP contribution in [0.5, 0.6) is 5.75 Å². The van der Waals surface area contributed by atoms with Gasteiger partial charge in [0, 0.05) is 5.69 Å². The summed E-state index contributed by atoms with van der Waals surface area (Å²) in [5.74, 6) is 0.648. The summed E-state index contributed by atoms with van der Waals surface area (Å²) < 4.78 is 0. The molecule has 0 aliphatic rings. The molecule has 3 N–H and O–H groups in total. The summed E-state index contributed by atoms with van der Waals surface area (Å²) >= 11 is 0.976. The second-order valence-corrected chi connectivity index (χ2v) is 5.86. The molecule has 0 amide bonds. The van der Waals surface area contributed by atoms with Gasteiger partial charge in [0.05, 0.1) is 5.69 Å². The number of aromatic nitrogens is 1. The zero-order valence-corrected chi connectivity index (χ0v) is 13.1. The molecule has 7 heteroatoms. The molecule has 0 aliphatic carbocycles. The summed E-state index contributed by atoms with van der Waals surface area (Å²) in [6.07, 6.45) is 0. The topological polar surface area (TPSA) is 89.8 Å². The number of benzene rings is 2. The standard InChI is InChI=1S/C16H14N4O2S/c1-10-2-4-12(5-3-10)19-20-15-14(18-16(22)23-15)17-11-6-8-13(21)9-7-11/h2-9,17,21H,1H3,(H,18,22). The van der Waals surface area contributed by atoms with E-state index in [4.69, 9.17) is 0 Å². The number of hydrogen-bond acceptors (Lipinski definition) is 6. The van der Waals surface area contributed by atoms with Crippen LogP contribution in [0.3, 0.4) is 0 Å². The van der Waals surface area contributed by atoms with E-state index in [0.29, 0.717) is 16.5 Å². The minimum absolute atomic E-state index is 0.175. The van der Waals surface area contributed by atoms with Crippen LogP contribution < -0.4 is 10.2 Å². The second kappa shape index (κ2) is 6.45. The summed E-state index contributed by atoms with van der Waals surface area (Å²) in [6.45, 7) is 2.00. The van der Waals surface area contributed by atoms with Crippen LogP contribution in [-0.2, 0) is 0 Å². The third kappa shape index (κ3) is 3.83. The van der Waals surface area contributed by atoms with Gasteiger partial charge in [0.25, 0.3) is 0 Å². The Morgan fingerprint density at radius 1 is 1.04 bits per heavy atom. The van der Waals surface area contributed by atoms with Crippen molar-refractivity contribution in [2.45, 2.75) is 6.92 Å². The maximum atomic E-state index is 11.6. The van der Waals surface area contributed by atoms with Gasteiger partial charge in [-0.05, 0) is 43.3 Å². The molecule has 0 unspecified atom stereocenters. The van der Waals surface area contributed by atoms with Crippen LogP contribution in [0.1, 0.15) is 5.56 Å². The number of aromatic amines is 1. The summed E-state index contributed by atoms with van der Waals surface area (Å²) in [6, 6.07) is 14.1. The first-order chi connectivity index (χ1) is 11.1. The van der Waals surface area contributed by atoms with Gasteiger partial charge in [-0.25, -0.2) is 0 Å². The number of H-pyrrole nitrogens is 1. The van der Waals surface area contributed by atoms with Crippen LogP contribution in [0.2, 0.25) is 0 Å². The molecular formula is C16H14N4O2S. The van der Waals surface area contributed by atoms with Crippen molar-refractivity contribution in [1.29, 1.82) is 0 Å². The molecule has 116 valence electrons. The van der Waals surface area contributed by atoms with Gasteiger partial charge in [-0.1, -0.05) is 29.0 Å². The molecule has 1 aromatic heterocycles. The summed E-state index contributed by atoms with van der Waals surface area (Å²) in [5, 5.41) is 21.1. The summed E-state index contributed by atoms with van der Waals surface area (Å²) in [4.78, 5) is 14.1. The first-order valence-electron chi connectivity index (χ1n) is 6.88. The predicted octanol–water partition coefficient (Wildman–Crippen LogP) is 4.61. The number of anilines is 2. The first-order valence-corrected chi connectivity index (χ1v) is 7.69. The van der Waals surface area contributed by atoms with E-state index in [9.17, 15) is 9.90 Å². The van der Waals surface area contributed by atoms with Gasteiger partial charge in [0.1, 0.15) is 11.6 Å². The number of nitrogens with zero attached hydrogens (tertiary/aromatic N) is 2. The Labute approximate surface area is 136 Å². The van der Waals surface area contributed by atoms with Crippen molar-refractivity contribution < 1.29 is 5.11 Å². The number of phenols is 1. The van der Waals surface area contributed by atoms with E-state index < -0.39 is 0 Å². The largest absolute Gasteiger partial charge is 0.508 e. The highest BCUT2D eigenvalue weighted by molar-refractivity contribution is 7.13. The van der Waals surface area contributed by atoms with Gasteiger partial charge in [-0.3, -0.25) is 9.78 Å². The zero-order chi connectivity index (χ0) is 16.2. The van der Waals surface area contributed by atoms with Crippen molar-refractivity contribution in [3.8, 4) is 5.75 Å². The predicted molar refractivity (Wildman–Crippen MR) is 91.7 cm³/mol. The average molecular weight is 326 g/mol. The lowest BCUT2D eigenvalue weighted by atomic mass is 10.2. The maximum Gasteiger partial charge on any atom is 0.308 e. The smallest absolute Gasteiger partial charge is 0.308 e. The second-order valence-electron chi connectivity index (χ2n) is 4.90. The highest BCUT2D eigenvalue weighted by Crippen LogP contribution is 2.30. The van der Waals surface area contributed by atoms with Crippen LogP contribution in [0.25, 0.3) is 0 Å². The Kier molecular flexibility index (Phi) is 4.20. The lowest BCUT2D eigenvalue weighted by Crippen LogP contribution is -1.96. The number of phenolic OH excluding ortho intramolecular Hbond substituents is 1. The van der Waals surface area contributed by atoms with E-state index in [0.717, 1.165) is 22.6 Å². The van der Waals surface area contributed by atoms with Gasteiger partial charge in [-0.2, -0.15) is 0 Å². The normalized spacial score (nSPS) is 11.0. The van der Waals surface area contributed by atoms with Crippen LogP contribution in [0, 0.1) is 6.92 Å². The molecule has 0 bridgehead atoms. The third-order valence-corrected chi connectivity index (χ3v) is 3.82. The molecule has 0 saturated heterocycles. The monoisotopic (exact) mass is 326 g/mol. The Balaban J connectivity index is 1.84. The van der Waals surface area contributed by atoms with Crippen molar-refractivity contribution in [3.05, 3.63) is 63.8 Å². The van der Waals surface area contributed by atoms with Crippen molar-refractivity contribution >= 4 is 33.5 Å². The number of rotatable bonds is 4. The van der Waals surface area contributed by atoms with Crippen LogP contribution in [0.15, 0.2) is 63.6 Å². The Morgan fingerprint density at radius 2 is 1.74 bits per heavy atom. The zero-order valence-electron chi connectivity index (χ0n) is 12.3. The molecule has 0 saturated carbocycles. The van der Waals surface area contributed by atoms with E-state index in [1.165, 1.54) is 0 Å². The number of aryl methyl sites for hydroxylation is 1. The molecule has 0 aliphatic heterocycles. The Morgan fingerprint density at radius 3 is 2.43 bits per heavy atom. The van der Waals surface area contributed by atoms with Crippen molar-refractivity contribution in [2.75, 3.05) is 5.32 Å². The van der Waals surface area contributed by atoms with Crippen molar-refractivity contribution in [3.63, 3.8) is 0 Å². The van der Waals surface area contributed by atoms with Crippen LogP contribution in [0.4, 0.5) is 22.2 Å². The lowest BCUT2D eigenvalue weighted by molar-refractivity contribution is 0.475. The average Bonchev–Trinajstić information content (AvgIpc) is 2.89. The van der Waals surface area contributed by atoms with E-state index in [-0.39, 0.29) is 10.6 Å². The lowest BCUT2D eigenvalue weighted by Gasteiger charge is -2.04. The van der Waals surface area contributed by atoms with E-state index >= 15 is 0 Å². The van der Waals surface area contributed by atoms with Gasteiger partial charge in [-0.15, -0.1) is 10.2 Å². The van der Waals surface area contributed by atoms with E-state index in [1.54, 1.807) is 24.3 Å². The molecule has 0 spiro atoms.